The summed E-state index contributed by atoms with van der Waals surface area (Å²) in [6.45, 7) is 2.72. The van der Waals surface area contributed by atoms with Gasteiger partial charge in [-0.15, -0.1) is 0 Å². The lowest BCUT2D eigenvalue weighted by atomic mass is 9.90. The molecule has 0 atom stereocenters. The number of nitrogens with two attached hydrogens (primary N) is 1. The number of hydrogen-bond donors (Lipinski definition) is 1. The van der Waals surface area contributed by atoms with E-state index in [0.717, 1.165) is 25.7 Å². The third-order valence-corrected chi connectivity index (χ3v) is 4.04. The molecule has 1 aliphatic rings. The van der Waals surface area contributed by atoms with Gasteiger partial charge in [0.05, 0.1) is 11.6 Å². The summed E-state index contributed by atoms with van der Waals surface area (Å²) < 4.78 is 0. The predicted molar refractivity (Wildman–Crippen MR) is 78.1 cm³/mol. The molecule has 2 rings (SSSR count). The molecule has 0 radical (unpaired) electrons. The summed E-state index contributed by atoms with van der Waals surface area (Å²) >= 11 is 0. The van der Waals surface area contributed by atoms with Crippen LogP contribution in [-0.4, -0.2) is 29.4 Å². The smallest absolute Gasteiger partial charge is 0.254 e. The molecule has 1 amide bonds. The summed E-state index contributed by atoms with van der Waals surface area (Å²) in [7, 11) is 0. The Labute approximate surface area is 120 Å². The number of carbonyl (C=O) groups excluding carboxylic acids is 1. The number of nitrogens with zero attached hydrogens (tertiary/aromatic N) is 2. The Balaban J connectivity index is 2.10. The van der Waals surface area contributed by atoms with Gasteiger partial charge < -0.3 is 10.6 Å². The zero-order valence-electron chi connectivity index (χ0n) is 11.9. The lowest BCUT2D eigenvalue weighted by molar-refractivity contribution is 0.0640. The van der Waals surface area contributed by atoms with E-state index in [-0.39, 0.29) is 11.9 Å². The molecule has 1 aromatic carbocycles. The molecule has 2 N–H and O–H groups in total. The number of benzene rings is 1. The molecule has 4 heteroatoms. The van der Waals surface area contributed by atoms with E-state index >= 15 is 0 Å². The van der Waals surface area contributed by atoms with Gasteiger partial charge in [0, 0.05) is 24.2 Å². The van der Waals surface area contributed by atoms with E-state index in [1.807, 2.05) is 11.8 Å². The molecule has 4 nitrogen and oxygen atoms in total. The van der Waals surface area contributed by atoms with Crippen LogP contribution in [0.4, 0.5) is 0 Å². The fourth-order valence-electron chi connectivity index (χ4n) is 2.83. The zero-order valence-corrected chi connectivity index (χ0v) is 11.9. The van der Waals surface area contributed by atoms with Crippen LogP contribution in [0.3, 0.4) is 0 Å². The Morgan fingerprint density at radius 2 is 1.90 bits per heavy atom. The Kier molecular flexibility index (Phi) is 4.75. The van der Waals surface area contributed by atoms with E-state index in [1.165, 1.54) is 0 Å². The van der Waals surface area contributed by atoms with Crippen molar-refractivity contribution < 1.29 is 4.79 Å². The van der Waals surface area contributed by atoms with Crippen LogP contribution in [0.5, 0.6) is 0 Å². The van der Waals surface area contributed by atoms with Crippen molar-refractivity contribution in [3.05, 3.63) is 35.4 Å². The zero-order chi connectivity index (χ0) is 14.5. The SMILES string of the molecule is CCN(C(=O)c1ccc(C#N)cc1)C1CCC(N)CC1. The van der Waals surface area contributed by atoms with Crippen LogP contribution in [0, 0.1) is 11.3 Å². The molecule has 0 bridgehead atoms. The molecule has 0 aliphatic heterocycles. The molecule has 1 aromatic rings. The molecule has 106 valence electrons. The number of hydrogen-bond acceptors (Lipinski definition) is 3. The predicted octanol–water partition coefficient (Wildman–Crippen LogP) is 2.29. The second-order valence-corrected chi connectivity index (χ2v) is 5.35. The van der Waals surface area contributed by atoms with E-state index < -0.39 is 0 Å². The normalized spacial score (nSPS) is 22.1. The van der Waals surface area contributed by atoms with Crippen molar-refractivity contribution in [3.63, 3.8) is 0 Å². The minimum absolute atomic E-state index is 0.0532. The van der Waals surface area contributed by atoms with Crippen molar-refractivity contribution in [1.29, 1.82) is 5.26 Å². The first-order chi connectivity index (χ1) is 9.65. The fourth-order valence-corrected chi connectivity index (χ4v) is 2.83. The molecule has 0 heterocycles. The number of nitriles is 1. The van der Waals surface area contributed by atoms with Crippen molar-refractivity contribution in [2.24, 2.45) is 5.73 Å². The molecule has 1 fully saturated rings. The van der Waals surface area contributed by atoms with E-state index in [0.29, 0.717) is 23.7 Å². The summed E-state index contributed by atoms with van der Waals surface area (Å²) in [5, 5.41) is 8.79. The second kappa shape index (κ2) is 6.53. The van der Waals surface area contributed by atoms with Crippen molar-refractivity contribution in [2.45, 2.75) is 44.7 Å². The fraction of sp³-hybridized carbons (Fsp3) is 0.500. The Morgan fingerprint density at radius 1 is 1.30 bits per heavy atom. The van der Waals surface area contributed by atoms with Crippen LogP contribution in [0.1, 0.15) is 48.5 Å². The highest BCUT2D eigenvalue weighted by atomic mass is 16.2. The van der Waals surface area contributed by atoms with Gasteiger partial charge in [0.1, 0.15) is 0 Å². The Morgan fingerprint density at radius 3 is 2.40 bits per heavy atom. The molecule has 1 aliphatic carbocycles. The molecular formula is C16H21N3O. The van der Waals surface area contributed by atoms with Gasteiger partial charge in [-0.05, 0) is 56.9 Å². The highest BCUT2D eigenvalue weighted by Crippen LogP contribution is 2.23. The highest BCUT2D eigenvalue weighted by Gasteiger charge is 2.27. The standard InChI is InChI=1S/C16H21N3O/c1-2-19(15-9-7-14(18)8-10-15)16(20)13-5-3-12(11-17)4-6-13/h3-6,14-15H,2,7-10,18H2,1H3. The number of carbonyl (C=O) groups is 1. The van der Waals surface area contributed by atoms with E-state index in [2.05, 4.69) is 6.07 Å². The van der Waals surface area contributed by atoms with Crippen molar-refractivity contribution >= 4 is 5.91 Å². The average molecular weight is 271 g/mol. The van der Waals surface area contributed by atoms with E-state index in [9.17, 15) is 4.79 Å². The molecule has 1 saturated carbocycles. The summed E-state index contributed by atoms with van der Waals surface area (Å²) in [4.78, 5) is 14.5. The largest absolute Gasteiger partial charge is 0.336 e. The minimum Gasteiger partial charge on any atom is -0.336 e. The van der Waals surface area contributed by atoms with Crippen LogP contribution < -0.4 is 5.73 Å². The van der Waals surface area contributed by atoms with Gasteiger partial charge >= 0.3 is 0 Å². The monoisotopic (exact) mass is 271 g/mol. The average Bonchev–Trinajstić information content (AvgIpc) is 2.50. The second-order valence-electron chi connectivity index (χ2n) is 5.35. The van der Waals surface area contributed by atoms with Crippen LogP contribution in [0.25, 0.3) is 0 Å². The summed E-state index contributed by atoms with van der Waals surface area (Å²) in [6, 6.07) is 9.50. The minimum atomic E-state index is 0.0532. The molecule has 20 heavy (non-hydrogen) atoms. The maximum absolute atomic E-state index is 12.6. The van der Waals surface area contributed by atoms with Crippen LogP contribution in [0.15, 0.2) is 24.3 Å². The molecule has 0 saturated heterocycles. The van der Waals surface area contributed by atoms with Gasteiger partial charge in [-0.1, -0.05) is 0 Å². The van der Waals surface area contributed by atoms with Crippen molar-refractivity contribution in [3.8, 4) is 6.07 Å². The quantitative estimate of drug-likeness (QED) is 0.917. The third kappa shape index (κ3) is 3.17. The molecular weight excluding hydrogens is 250 g/mol. The first kappa shape index (κ1) is 14.5. The molecule has 0 spiro atoms. The van der Waals surface area contributed by atoms with Crippen molar-refractivity contribution in [2.75, 3.05) is 6.54 Å². The maximum atomic E-state index is 12.6. The van der Waals surface area contributed by atoms with Gasteiger partial charge in [0.2, 0.25) is 0 Å². The van der Waals surface area contributed by atoms with Gasteiger partial charge in [-0.25, -0.2) is 0 Å². The van der Waals surface area contributed by atoms with Crippen LogP contribution in [0.2, 0.25) is 0 Å². The third-order valence-electron chi connectivity index (χ3n) is 4.04. The number of amides is 1. The van der Waals surface area contributed by atoms with Crippen LogP contribution in [-0.2, 0) is 0 Å². The first-order valence-electron chi connectivity index (χ1n) is 7.22. The first-order valence-corrected chi connectivity index (χ1v) is 7.22. The Bertz CT molecular complexity index is 495. The van der Waals surface area contributed by atoms with Gasteiger partial charge in [0.25, 0.3) is 5.91 Å². The van der Waals surface area contributed by atoms with Gasteiger partial charge in [-0.3, -0.25) is 4.79 Å². The van der Waals surface area contributed by atoms with Gasteiger partial charge in [-0.2, -0.15) is 5.26 Å². The van der Waals surface area contributed by atoms with Crippen molar-refractivity contribution in [1.82, 2.24) is 4.90 Å². The summed E-state index contributed by atoms with van der Waals surface area (Å²) in [5.41, 5.74) is 7.15. The lowest BCUT2D eigenvalue weighted by Crippen LogP contribution is -2.44. The summed E-state index contributed by atoms with van der Waals surface area (Å²) in [6.07, 6.45) is 3.94. The molecule has 0 unspecified atom stereocenters. The van der Waals surface area contributed by atoms with Gasteiger partial charge in [0.15, 0.2) is 0 Å². The highest BCUT2D eigenvalue weighted by molar-refractivity contribution is 5.94. The molecule has 0 aromatic heterocycles. The van der Waals surface area contributed by atoms with Crippen LogP contribution >= 0.6 is 0 Å². The Hall–Kier alpha value is -1.86. The number of rotatable bonds is 3. The van der Waals surface area contributed by atoms with E-state index in [1.54, 1.807) is 24.3 Å². The summed E-state index contributed by atoms with van der Waals surface area (Å²) in [5.74, 6) is 0.0532. The lowest BCUT2D eigenvalue weighted by Gasteiger charge is -2.35. The van der Waals surface area contributed by atoms with E-state index in [4.69, 9.17) is 11.0 Å². The maximum Gasteiger partial charge on any atom is 0.254 e. The topological polar surface area (TPSA) is 70.1 Å².